The van der Waals surface area contributed by atoms with Crippen LogP contribution in [0.5, 0.6) is 0 Å². The van der Waals surface area contributed by atoms with Crippen LogP contribution < -0.4 is 5.56 Å². The second kappa shape index (κ2) is 6.48. The van der Waals surface area contributed by atoms with Crippen molar-refractivity contribution in [2.45, 2.75) is 26.9 Å². The summed E-state index contributed by atoms with van der Waals surface area (Å²) in [6.07, 6.45) is -0.198. The van der Waals surface area contributed by atoms with Crippen molar-refractivity contribution in [3.63, 3.8) is 0 Å². The molecule has 1 aromatic carbocycles. The molecule has 20 heavy (non-hydrogen) atoms. The minimum Gasteiger partial charge on any atom is -0.370 e. The Morgan fingerprint density at radius 1 is 1.25 bits per heavy atom. The van der Waals surface area contributed by atoms with E-state index in [1.165, 1.54) is 6.07 Å². The van der Waals surface area contributed by atoms with Gasteiger partial charge in [-0.15, -0.1) is 0 Å². The molecule has 1 heterocycles. The third-order valence-electron chi connectivity index (χ3n) is 3.05. The van der Waals surface area contributed by atoms with Gasteiger partial charge < -0.3 is 9.72 Å². The predicted octanol–water partition coefficient (Wildman–Crippen LogP) is 3.17. The summed E-state index contributed by atoms with van der Waals surface area (Å²) >= 11 is 0. The lowest BCUT2D eigenvalue weighted by molar-refractivity contribution is 0.0231. The first kappa shape index (κ1) is 14.5. The van der Waals surface area contributed by atoms with Gasteiger partial charge >= 0.3 is 0 Å². The van der Waals surface area contributed by atoms with E-state index >= 15 is 0 Å². The first-order valence-corrected chi connectivity index (χ1v) is 6.90. The third-order valence-corrected chi connectivity index (χ3v) is 3.05. The van der Waals surface area contributed by atoms with Crippen molar-refractivity contribution in [1.29, 1.82) is 0 Å². The summed E-state index contributed by atoms with van der Waals surface area (Å²) in [6, 6.07) is 11.2. The smallest absolute Gasteiger partial charge is 0.251 e. The highest BCUT2D eigenvalue weighted by Gasteiger charge is 2.19. The number of nitrogens with zero attached hydrogens (tertiary/aromatic N) is 1. The molecule has 1 aromatic heterocycles. The number of hydrogen-bond donors (Lipinski definition) is 1. The Kier molecular flexibility index (Phi) is 4.69. The molecule has 0 amide bonds. The summed E-state index contributed by atoms with van der Waals surface area (Å²) in [5.41, 5.74) is 1.45. The van der Waals surface area contributed by atoms with Gasteiger partial charge in [-0.25, -0.2) is 4.98 Å². The van der Waals surface area contributed by atoms with Gasteiger partial charge in [0.25, 0.3) is 5.56 Å². The molecule has 0 saturated carbocycles. The second-order valence-electron chi connectivity index (χ2n) is 5.00. The molecule has 1 atom stereocenters. The van der Waals surface area contributed by atoms with Crippen LogP contribution >= 0.6 is 0 Å². The lowest BCUT2D eigenvalue weighted by Gasteiger charge is -2.20. The van der Waals surface area contributed by atoms with Crippen molar-refractivity contribution >= 4 is 0 Å². The number of H-pyrrole nitrogens is 1. The summed E-state index contributed by atoms with van der Waals surface area (Å²) < 4.78 is 5.70. The summed E-state index contributed by atoms with van der Waals surface area (Å²) in [7, 11) is 0. The quantitative estimate of drug-likeness (QED) is 0.909. The van der Waals surface area contributed by atoms with Crippen molar-refractivity contribution < 1.29 is 4.74 Å². The summed E-state index contributed by atoms with van der Waals surface area (Å²) in [5, 5.41) is 0. The molecule has 0 saturated heterocycles. The molecule has 106 valence electrons. The molecule has 0 fully saturated rings. The van der Waals surface area contributed by atoms with Gasteiger partial charge in [-0.2, -0.15) is 0 Å². The molecule has 2 rings (SSSR count). The van der Waals surface area contributed by atoms with Crippen LogP contribution in [0.25, 0.3) is 11.3 Å². The first-order chi connectivity index (χ1) is 9.61. The standard InChI is InChI=1S/C16H20N2O2/c1-4-20-15(11(2)3)16-17-13(10-14(19)18-16)12-8-6-5-7-9-12/h5-11,15H,4H2,1-3H3,(H,17,18,19). The van der Waals surface area contributed by atoms with Gasteiger partial charge in [0, 0.05) is 18.2 Å². The normalized spacial score (nSPS) is 12.6. The van der Waals surface area contributed by atoms with Gasteiger partial charge in [0.05, 0.1) is 5.69 Å². The molecule has 0 spiro atoms. The Labute approximate surface area is 118 Å². The van der Waals surface area contributed by atoms with E-state index < -0.39 is 0 Å². The van der Waals surface area contributed by atoms with Gasteiger partial charge in [0.15, 0.2) is 0 Å². The van der Waals surface area contributed by atoms with Gasteiger partial charge in [0.1, 0.15) is 11.9 Å². The van der Waals surface area contributed by atoms with Crippen LogP contribution in [-0.2, 0) is 4.74 Å². The summed E-state index contributed by atoms with van der Waals surface area (Å²) in [5.74, 6) is 0.831. The molecule has 0 aliphatic heterocycles. The monoisotopic (exact) mass is 272 g/mol. The maximum absolute atomic E-state index is 11.9. The highest BCUT2D eigenvalue weighted by molar-refractivity contribution is 5.58. The van der Waals surface area contributed by atoms with E-state index in [1.807, 2.05) is 37.3 Å². The average molecular weight is 272 g/mol. The fourth-order valence-corrected chi connectivity index (χ4v) is 2.13. The van der Waals surface area contributed by atoms with Crippen LogP contribution in [0.4, 0.5) is 0 Å². The Balaban J connectivity index is 2.45. The number of benzene rings is 1. The van der Waals surface area contributed by atoms with Crippen molar-refractivity contribution in [3.05, 3.63) is 52.6 Å². The molecule has 0 aliphatic rings. The maximum Gasteiger partial charge on any atom is 0.251 e. The molecule has 1 N–H and O–H groups in total. The molecule has 4 heteroatoms. The number of ether oxygens (including phenoxy) is 1. The highest BCUT2D eigenvalue weighted by atomic mass is 16.5. The van der Waals surface area contributed by atoms with Crippen molar-refractivity contribution in [2.24, 2.45) is 5.92 Å². The number of rotatable bonds is 5. The SMILES string of the molecule is CCOC(c1nc(-c2ccccc2)cc(=O)[nH]1)C(C)C. The minimum absolute atomic E-state index is 0.154. The van der Waals surface area contributed by atoms with Crippen LogP contribution in [0.1, 0.15) is 32.7 Å². The molecule has 2 aromatic rings. The van der Waals surface area contributed by atoms with E-state index in [-0.39, 0.29) is 17.6 Å². The van der Waals surface area contributed by atoms with Gasteiger partial charge in [0.2, 0.25) is 0 Å². The lowest BCUT2D eigenvalue weighted by atomic mass is 10.1. The van der Waals surface area contributed by atoms with Crippen molar-refractivity contribution in [3.8, 4) is 11.3 Å². The van der Waals surface area contributed by atoms with E-state index in [1.54, 1.807) is 0 Å². The zero-order chi connectivity index (χ0) is 14.5. The summed E-state index contributed by atoms with van der Waals surface area (Å²) in [4.78, 5) is 19.2. The van der Waals surface area contributed by atoms with E-state index in [9.17, 15) is 4.79 Å². The van der Waals surface area contributed by atoms with Crippen LogP contribution in [0, 0.1) is 5.92 Å². The van der Waals surface area contributed by atoms with Crippen molar-refractivity contribution in [2.75, 3.05) is 6.61 Å². The van der Waals surface area contributed by atoms with E-state index in [0.29, 0.717) is 18.1 Å². The number of hydrogen-bond acceptors (Lipinski definition) is 3. The lowest BCUT2D eigenvalue weighted by Crippen LogP contribution is -2.19. The van der Waals surface area contributed by atoms with Crippen LogP contribution in [0.15, 0.2) is 41.2 Å². The molecule has 4 nitrogen and oxygen atoms in total. The highest BCUT2D eigenvalue weighted by Crippen LogP contribution is 2.24. The van der Waals surface area contributed by atoms with E-state index in [2.05, 4.69) is 23.8 Å². The fraction of sp³-hybridized carbons (Fsp3) is 0.375. The van der Waals surface area contributed by atoms with Gasteiger partial charge in [-0.05, 0) is 12.8 Å². The number of nitrogens with one attached hydrogen (secondary N) is 1. The molecule has 0 bridgehead atoms. The van der Waals surface area contributed by atoms with E-state index in [0.717, 1.165) is 5.56 Å². The topological polar surface area (TPSA) is 55.0 Å². The van der Waals surface area contributed by atoms with Gasteiger partial charge in [-0.3, -0.25) is 4.79 Å². The Bertz CT molecular complexity index is 605. The predicted molar refractivity (Wildman–Crippen MR) is 79.5 cm³/mol. The molecule has 1 unspecified atom stereocenters. The minimum atomic E-state index is -0.198. The zero-order valence-electron chi connectivity index (χ0n) is 12.1. The molecular formula is C16H20N2O2. The fourth-order valence-electron chi connectivity index (χ4n) is 2.13. The maximum atomic E-state index is 11.9. The Morgan fingerprint density at radius 2 is 1.95 bits per heavy atom. The molecular weight excluding hydrogens is 252 g/mol. The average Bonchev–Trinajstić information content (AvgIpc) is 2.44. The Morgan fingerprint density at radius 3 is 2.55 bits per heavy atom. The number of aromatic amines is 1. The van der Waals surface area contributed by atoms with Crippen LogP contribution in [-0.4, -0.2) is 16.6 Å². The van der Waals surface area contributed by atoms with E-state index in [4.69, 9.17) is 4.74 Å². The molecule has 0 radical (unpaired) electrons. The molecule has 0 aliphatic carbocycles. The van der Waals surface area contributed by atoms with Crippen molar-refractivity contribution in [1.82, 2.24) is 9.97 Å². The van der Waals surface area contributed by atoms with Crippen LogP contribution in [0.3, 0.4) is 0 Å². The second-order valence-corrected chi connectivity index (χ2v) is 5.00. The zero-order valence-corrected chi connectivity index (χ0v) is 12.1. The first-order valence-electron chi connectivity index (χ1n) is 6.90. The Hall–Kier alpha value is -1.94. The van der Waals surface area contributed by atoms with Gasteiger partial charge in [-0.1, -0.05) is 44.2 Å². The largest absolute Gasteiger partial charge is 0.370 e. The summed E-state index contributed by atoms with van der Waals surface area (Å²) in [6.45, 7) is 6.63. The number of aromatic nitrogens is 2. The third kappa shape index (κ3) is 3.33. The van der Waals surface area contributed by atoms with Crippen LogP contribution in [0.2, 0.25) is 0 Å².